The quantitative estimate of drug-likeness (QED) is 0.603. The Morgan fingerprint density at radius 3 is 2.79 bits per heavy atom. The van der Waals surface area contributed by atoms with Gasteiger partial charge in [0.2, 0.25) is 0 Å². The fraction of sp³-hybridized carbons (Fsp3) is 0.0556. The topological polar surface area (TPSA) is 89.7 Å². The first-order valence-electron chi connectivity index (χ1n) is 7.53. The van der Waals surface area contributed by atoms with Crippen LogP contribution in [0.3, 0.4) is 0 Å². The van der Waals surface area contributed by atoms with Crippen molar-refractivity contribution in [2.75, 3.05) is 5.73 Å². The first-order chi connectivity index (χ1) is 11.8. The fourth-order valence-electron chi connectivity index (χ4n) is 2.55. The Labute approximate surface area is 138 Å². The van der Waals surface area contributed by atoms with Crippen LogP contribution in [0, 0.1) is 0 Å². The molecule has 24 heavy (non-hydrogen) atoms. The molecule has 0 fully saturated rings. The van der Waals surface area contributed by atoms with E-state index in [0.717, 1.165) is 27.8 Å². The van der Waals surface area contributed by atoms with Crippen LogP contribution in [0.4, 0.5) is 5.82 Å². The van der Waals surface area contributed by atoms with E-state index >= 15 is 0 Å². The van der Waals surface area contributed by atoms with E-state index < -0.39 is 0 Å². The minimum absolute atomic E-state index is 0.367. The van der Waals surface area contributed by atoms with Crippen LogP contribution in [0.2, 0.25) is 0 Å². The number of fused-ring (bicyclic) bond motifs is 1. The van der Waals surface area contributed by atoms with Crippen molar-refractivity contribution in [3.63, 3.8) is 0 Å². The molecule has 2 aromatic heterocycles. The molecule has 0 aliphatic rings. The maximum Gasteiger partial charge on any atom is 0.173 e. The summed E-state index contributed by atoms with van der Waals surface area (Å²) in [6, 6.07) is 17.7. The number of nitrogens with zero attached hydrogens (tertiary/aromatic N) is 3. The van der Waals surface area contributed by atoms with E-state index in [1.807, 2.05) is 54.7 Å². The van der Waals surface area contributed by atoms with Gasteiger partial charge in [0, 0.05) is 22.7 Å². The lowest BCUT2D eigenvalue weighted by Crippen LogP contribution is -1.97. The average molecular weight is 317 g/mol. The first kappa shape index (κ1) is 14.2. The van der Waals surface area contributed by atoms with Crippen molar-refractivity contribution >= 4 is 16.7 Å². The summed E-state index contributed by atoms with van der Waals surface area (Å²) in [5.74, 6) is 1.11. The normalized spacial score (nSPS) is 10.8. The molecule has 0 bridgehead atoms. The van der Waals surface area contributed by atoms with Gasteiger partial charge in [0.25, 0.3) is 0 Å². The van der Waals surface area contributed by atoms with Gasteiger partial charge >= 0.3 is 0 Å². The van der Waals surface area contributed by atoms with Crippen molar-refractivity contribution in [3.8, 4) is 17.0 Å². The highest BCUT2D eigenvalue weighted by molar-refractivity contribution is 5.78. The van der Waals surface area contributed by atoms with E-state index in [-0.39, 0.29) is 0 Å². The monoisotopic (exact) mass is 317 g/mol. The number of H-pyrrole nitrogens is 1. The first-order valence-corrected chi connectivity index (χ1v) is 7.53. The molecule has 0 amide bonds. The number of aromatic nitrogens is 4. The smallest absolute Gasteiger partial charge is 0.173 e. The third-order valence-corrected chi connectivity index (χ3v) is 3.73. The van der Waals surface area contributed by atoms with Crippen LogP contribution in [0.1, 0.15) is 5.56 Å². The molecule has 0 atom stereocenters. The van der Waals surface area contributed by atoms with Gasteiger partial charge in [-0.25, -0.2) is 0 Å². The zero-order chi connectivity index (χ0) is 16.4. The fourth-order valence-corrected chi connectivity index (χ4v) is 2.55. The summed E-state index contributed by atoms with van der Waals surface area (Å²) in [4.78, 5) is 4.44. The van der Waals surface area contributed by atoms with E-state index in [1.165, 1.54) is 0 Å². The Bertz CT molecular complexity index is 995. The van der Waals surface area contributed by atoms with Gasteiger partial charge in [0.1, 0.15) is 18.1 Å². The Morgan fingerprint density at radius 1 is 1.00 bits per heavy atom. The minimum Gasteiger partial charge on any atom is -0.489 e. The number of para-hydroxylation sites is 1. The summed E-state index contributed by atoms with van der Waals surface area (Å²) < 4.78 is 5.88. The number of ether oxygens (including phenoxy) is 1. The lowest BCUT2D eigenvalue weighted by atomic mass is 10.1. The molecular weight excluding hydrogens is 302 g/mol. The van der Waals surface area contributed by atoms with Crippen molar-refractivity contribution in [1.82, 2.24) is 20.4 Å². The van der Waals surface area contributed by atoms with Crippen LogP contribution in [-0.4, -0.2) is 20.4 Å². The van der Waals surface area contributed by atoms with Crippen molar-refractivity contribution in [2.24, 2.45) is 0 Å². The molecule has 6 nitrogen and oxygen atoms in total. The van der Waals surface area contributed by atoms with Crippen molar-refractivity contribution in [3.05, 3.63) is 66.4 Å². The Balaban J connectivity index is 1.54. The van der Waals surface area contributed by atoms with Gasteiger partial charge in [0.05, 0.1) is 5.52 Å². The molecule has 0 saturated carbocycles. The van der Waals surface area contributed by atoms with Crippen molar-refractivity contribution in [2.45, 2.75) is 6.61 Å². The summed E-state index contributed by atoms with van der Waals surface area (Å²) in [7, 11) is 0. The SMILES string of the molecule is Nc1n[nH]nc1-c1cccc(OCc2cnc3ccccc3c2)c1. The summed E-state index contributed by atoms with van der Waals surface area (Å²) >= 11 is 0. The Hall–Kier alpha value is -3.41. The van der Waals surface area contributed by atoms with E-state index in [2.05, 4.69) is 26.5 Å². The molecule has 0 aliphatic carbocycles. The van der Waals surface area contributed by atoms with E-state index in [4.69, 9.17) is 10.5 Å². The van der Waals surface area contributed by atoms with Gasteiger partial charge in [-0.1, -0.05) is 30.3 Å². The summed E-state index contributed by atoms with van der Waals surface area (Å²) in [5, 5.41) is 11.5. The number of pyridine rings is 1. The molecular formula is C18H15N5O. The second-order valence-corrected chi connectivity index (χ2v) is 5.41. The molecule has 0 spiro atoms. The number of nitrogens with two attached hydrogens (primary N) is 1. The van der Waals surface area contributed by atoms with Gasteiger partial charge in [-0.05, 0) is 24.3 Å². The van der Waals surface area contributed by atoms with Crippen LogP contribution in [0.15, 0.2) is 60.8 Å². The van der Waals surface area contributed by atoms with E-state index in [9.17, 15) is 0 Å². The molecule has 6 heteroatoms. The van der Waals surface area contributed by atoms with Gasteiger partial charge in [-0.3, -0.25) is 4.98 Å². The molecule has 2 aromatic carbocycles. The number of aromatic amines is 1. The van der Waals surface area contributed by atoms with Crippen LogP contribution in [0.25, 0.3) is 22.2 Å². The molecule has 2 heterocycles. The molecule has 0 radical (unpaired) electrons. The molecule has 118 valence electrons. The highest BCUT2D eigenvalue weighted by atomic mass is 16.5. The Morgan fingerprint density at radius 2 is 1.92 bits per heavy atom. The van der Waals surface area contributed by atoms with Gasteiger partial charge in [-0.2, -0.15) is 10.3 Å². The Kier molecular flexibility index (Phi) is 3.55. The zero-order valence-electron chi connectivity index (χ0n) is 12.8. The number of hydrogen-bond acceptors (Lipinski definition) is 5. The molecule has 3 N–H and O–H groups in total. The van der Waals surface area contributed by atoms with Crippen molar-refractivity contribution < 1.29 is 4.74 Å². The lowest BCUT2D eigenvalue weighted by molar-refractivity contribution is 0.306. The summed E-state index contributed by atoms with van der Waals surface area (Å²) in [5.41, 5.74) is 9.25. The lowest BCUT2D eigenvalue weighted by Gasteiger charge is -2.08. The van der Waals surface area contributed by atoms with Gasteiger partial charge in [-0.15, -0.1) is 5.10 Å². The molecule has 0 saturated heterocycles. The number of hydrogen-bond donors (Lipinski definition) is 2. The zero-order valence-corrected chi connectivity index (χ0v) is 12.8. The number of benzene rings is 2. The summed E-state index contributed by atoms with van der Waals surface area (Å²) in [6.45, 7) is 0.440. The molecule has 4 aromatic rings. The average Bonchev–Trinajstić information content (AvgIpc) is 3.06. The molecule has 0 aliphatic heterocycles. The second kappa shape index (κ2) is 6.00. The third-order valence-electron chi connectivity index (χ3n) is 3.73. The number of rotatable bonds is 4. The largest absolute Gasteiger partial charge is 0.489 e. The predicted molar refractivity (Wildman–Crippen MR) is 92.3 cm³/mol. The van der Waals surface area contributed by atoms with E-state index in [1.54, 1.807) is 0 Å². The minimum atomic E-state index is 0.367. The standard InChI is InChI=1S/C18H15N5O/c19-18-17(21-23-22-18)14-5-3-6-15(9-14)24-11-12-8-13-4-1-2-7-16(13)20-10-12/h1-10H,11H2,(H3,19,21,22,23). The molecule has 4 rings (SSSR count). The predicted octanol–water partition coefficient (Wildman–Crippen LogP) is 3.18. The van der Waals surface area contributed by atoms with Gasteiger partial charge in [0.15, 0.2) is 5.82 Å². The van der Waals surface area contributed by atoms with Crippen LogP contribution >= 0.6 is 0 Å². The highest BCUT2D eigenvalue weighted by Crippen LogP contribution is 2.25. The van der Waals surface area contributed by atoms with Crippen LogP contribution in [0.5, 0.6) is 5.75 Å². The van der Waals surface area contributed by atoms with E-state index in [0.29, 0.717) is 18.1 Å². The highest BCUT2D eigenvalue weighted by Gasteiger charge is 2.08. The third kappa shape index (κ3) is 2.77. The number of nitrogens with one attached hydrogen (secondary N) is 1. The number of anilines is 1. The molecule has 0 unspecified atom stereocenters. The van der Waals surface area contributed by atoms with Crippen LogP contribution in [-0.2, 0) is 6.61 Å². The van der Waals surface area contributed by atoms with Crippen molar-refractivity contribution in [1.29, 1.82) is 0 Å². The van der Waals surface area contributed by atoms with Crippen LogP contribution < -0.4 is 10.5 Å². The maximum absolute atomic E-state index is 5.88. The number of nitrogen functional groups attached to an aromatic ring is 1. The van der Waals surface area contributed by atoms with Gasteiger partial charge < -0.3 is 10.5 Å². The summed E-state index contributed by atoms with van der Waals surface area (Å²) in [6.07, 6.45) is 1.84. The maximum atomic E-state index is 5.88. The second-order valence-electron chi connectivity index (χ2n) is 5.41.